The molecule has 1 aliphatic carbocycles. The van der Waals surface area contributed by atoms with Crippen LogP contribution in [0, 0.1) is 0 Å². The van der Waals surface area contributed by atoms with Crippen molar-refractivity contribution in [2.45, 2.75) is 51.5 Å². The Morgan fingerprint density at radius 2 is 1.95 bits per heavy atom. The van der Waals surface area contributed by atoms with Crippen molar-refractivity contribution >= 4 is 16.6 Å². The lowest BCUT2D eigenvalue weighted by atomic mass is 9.99. The summed E-state index contributed by atoms with van der Waals surface area (Å²) in [6.45, 7) is 4.46. The Bertz CT molecular complexity index is 568. The molecule has 100 valence electrons. The van der Waals surface area contributed by atoms with Gasteiger partial charge in [-0.25, -0.2) is 0 Å². The molecule has 1 aromatic heterocycles. The zero-order valence-corrected chi connectivity index (χ0v) is 11.8. The smallest absolute Gasteiger partial charge is 0.0757 e. The summed E-state index contributed by atoms with van der Waals surface area (Å²) in [5.41, 5.74) is 3.74. The van der Waals surface area contributed by atoms with E-state index in [-0.39, 0.29) is 0 Å². The van der Waals surface area contributed by atoms with Crippen molar-refractivity contribution in [1.82, 2.24) is 4.98 Å². The van der Waals surface area contributed by atoms with Gasteiger partial charge >= 0.3 is 0 Å². The zero-order valence-electron chi connectivity index (χ0n) is 11.8. The number of fused-ring (bicyclic) bond motifs is 1. The van der Waals surface area contributed by atoms with E-state index >= 15 is 0 Å². The fraction of sp³-hybridized carbons (Fsp3) is 0.471. The number of aromatic nitrogens is 1. The van der Waals surface area contributed by atoms with Crippen LogP contribution in [0.25, 0.3) is 10.9 Å². The molecule has 0 aliphatic heterocycles. The van der Waals surface area contributed by atoms with E-state index in [2.05, 4.69) is 48.4 Å². The van der Waals surface area contributed by atoms with Crippen LogP contribution < -0.4 is 5.32 Å². The molecular formula is C17H22N2. The van der Waals surface area contributed by atoms with Crippen LogP contribution in [0.4, 0.5) is 5.69 Å². The lowest BCUT2D eigenvalue weighted by Crippen LogP contribution is -2.14. The summed E-state index contributed by atoms with van der Waals surface area (Å²) in [5, 5.41) is 4.97. The van der Waals surface area contributed by atoms with Gasteiger partial charge in [0.05, 0.1) is 5.52 Å². The minimum atomic E-state index is 0.512. The standard InChI is InChI=1S/C17H22N2/c1-12(2)14-8-5-9-15-16(10-11-18-17(14)15)19-13-6-3-4-7-13/h5,8-13H,3-4,6-7H2,1-2H3,(H,18,19). The third-order valence-corrected chi connectivity index (χ3v) is 4.14. The predicted octanol–water partition coefficient (Wildman–Crippen LogP) is 4.71. The molecule has 1 fully saturated rings. The molecule has 1 aliphatic rings. The van der Waals surface area contributed by atoms with Gasteiger partial charge in [-0.15, -0.1) is 0 Å². The first-order chi connectivity index (χ1) is 9.25. The second-order valence-electron chi connectivity index (χ2n) is 5.88. The van der Waals surface area contributed by atoms with Gasteiger partial charge in [-0.3, -0.25) is 4.98 Å². The summed E-state index contributed by atoms with van der Waals surface area (Å²) in [6, 6.07) is 9.29. The SMILES string of the molecule is CC(C)c1cccc2c(NC3CCCC3)ccnc12. The van der Waals surface area contributed by atoms with E-state index in [4.69, 9.17) is 0 Å². The molecule has 2 heteroatoms. The van der Waals surface area contributed by atoms with Gasteiger partial charge in [0.1, 0.15) is 0 Å². The van der Waals surface area contributed by atoms with Gasteiger partial charge in [0.25, 0.3) is 0 Å². The molecule has 3 rings (SSSR count). The molecule has 0 unspecified atom stereocenters. The third-order valence-electron chi connectivity index (χ3n) is 4.14. The Balaban J connectivity index is 2.02. The number of benzene rings is 1. The van der Waals surface area contributed by atoms with Gasteiger partial charge in [0.15, 0.2) is 0 Å². The van der Waals surface area contributed by atoms with E-state index in [0.717, 1.165) is 5.52 Å². The highest BCUT2D eigenvalue weighted by Crippen LogP contribution is 2.30. The van der Waals surface area contributed by atoms with E-state index in [1.807, 2.05) is 6.20 Å². The average Bonchev–Trinajstić information content (AvgIpc) is 2.91. The Morgan fingerprint density at radius 1 is 1.16 bits per heavy atom. The normalized spacial score (nSPS) is 16.4. The van der Waals surface area contributed by atoms with Crippen LogP contribution in [-0.4, -0.2) is 11.0 Å². The number of nitrogens with one attached hydrogen (secondary N) is 1. The highest BCUT2D eigenvalue weighted by Gasteiger charge is 2.16. The molecule has 2 nitrogen and oxygen atoms in total. The molecule has 1 N–H and O–H groups in total. The number of hydrogen-bond acceptors (Lipinski definition) is 2. The maximum atomic E-state index is 4.60. The third kappa shape index (κ3) is 2.44. The Kier molecular flexibility index (Phi) is 3.41. The Labute approximate surface area is 115 Å². The van der Waals surface area contributed by atoms with Crippen LogP contribution in [0.15, 0.2) is 30.5 Å². The summed E-state index contributed by atoms with van der Waals surface area (Å²) in [4.78, 5) is 4.60. The van der Waals surface area contributed by atoms with Crippen LogP contribution in [0.3, 0.4) is 0 Å². The molecule has 1 heterocycles. The Morgan fingerprint density at radius 3 is 2.68 bits per heavy atom. The largest absolute Gasteiger partial charge is 0.382 e. The van der Waals surface area contributed by atoms with Crippen molar-refractivity contribution in [3.05, 3.63) is 36.0 Å². The zero-order chi connectivity index (χ0) is 13.2. The summed E-state index contributed by atoms with van der Waals surface area (Å²) < 4.78 is 0. The molecule has 0 spiro atoms. The molecule has 0 bridgehead atoms. The minimum absolute atomic E-state index is 0.512. The number of rotatable bonds is 3. The maximum absolute atomic E-state index is 4.60. The second-order valence-corrected chi connectivity index (χ2v) is 5.88. The lowest BCUT2D eigenvalue weighted by Gasteiger charge is -2.17. The highest BCUT2D eigenvalue weighted by atomic mass is 14.9. The molecule has 1 saturated carbocycles. The minimum Gasteiger partial charge on any atom is -0.382 e. The molecule has 0 atom stereocenters. The fourth-order valence-corrected chi connectivity index (χ4v) is 3.08. The van der Waals surface area contributed by atoms with Crippen molar-refractivity contribution in [2.75, 3.05) is 5.32 Å². The second kappa shape index (κ2) is 5.20. The van der Waals surface area contributed by atoms with Crippen molar-refractivity contribution in [3.8, 4) is 0 Å². The first kappa shape index (κ1) is 12.5. The topological polar surface area (TPSA) is 24.9 Å². The lowest BCUT2D eigenvalue weighted by molar-refractivity contribution is 0.756. The number of para-hydroxylation sites is 1. The van der Waals surface area contributed by atoms with E-state index in [9.17, 15) is 0 Å². The highest BCUT2D eigenvalue weighted by molar-refractivity contribution is 5.93. The number of pyridine rings is 1. The number of nitrogens with zero attached hydrogens (tertiary/aromatic N) is 1. The number of anilines is 1. The van der Waals surface area contributed by atoms with Crippen LogP contribution >= 0.6 is 0 Å². The molecule has 19 heavy (non-hydrogen) atoms. The van der Waals surface area contributed by atoms with Crippen LogP contribution in [-0.2, 0) is 0 Å². The van der Waals surface area contributed by atoms with Crippen LogP contribution in [0.5, 0.6) is 0 Å². The van der Waals surface area contributed by atoms with Crippen molar-refractivity contribution < 1.29 is 0 Å². The fourth-order valence-electron chi connectivity index (χ4n) is 3.08. The molecular weight excluding hydrogens is 232 g/mol. The predicted molar refractivity (Wildman–Crippen MR) is 81.7 cm³/mol. The summed E-state index contributed by atoms with van der Waals surface area (Å²) in [5.74, 6) is 0.512. The van der Waals surface area contributed by atoms with E-state index in [1.165, 1.54) is 42.3 Å². The first-order valence-electron chi connectivity index (χ1n) is 7.40. The van der Waals surface area contributed by atoms with E-state index < -0.39 is 0 Å². The Hall–Kier alpha value is -1.57. The molecule has 0 saturated heterocycles. The van der Waals surface area contributed by atoms with Gasteiger partial charge in [0.2, 0.25) is 0 Å². The first-order valence-corrected chi connectivity index (χ1v) is 7.40. The summed E-state index contributed by atoms with van der Waals surface area (Å²) in [6.07, 6.45) is 7.25. The van der Waals surface area contributed by atoms with Gasteiger partial charge in [-0.2, -0.15) is 0 Å². The summed E-state index contributed by atoms with van der Waals surface area (Å²) in [7, 11) is 0. The molecule has 0 radical (unpaired) electrons. The van der Waals surface area contributed by atoms with Crippen molar-refractivity contribution in [3.63, 3.8) is 0 Å². The maximum Gasteiger partial charge on any atom is 0.0757 e. The van der Waals surface area contributed by atoms with Gasteiger partial charge in [-0.05, 0) is 30.4 Å². The van der Waals surface area contributed by atoms with Crippen molar-refractivity contribution in [2.24, 2.45) is 0 Å². The van der Waals surface area contributed by atoms with E-state index in [1.54, 1.807) is 0 Å². The van der Waals surface area contributed by atoms with Crippen LogP contribution in [0.2, 0.25) is 0 Å². The molecule has 2 aromatic rings. The van der Waals surface area contributed by atoms with Gasteiger partial charge < -0.3 is 5.32 Å². The van der Waals surface area contributed by atoms with Gasteiger partial charge in [0, 0.05) is 23.3 Å². The van der Waals surface area contributed by atoms with Crippen LogP contribution in [0.1, 0.15) is 51.0 Å². The van der Waals surface area contributed by atoms with Crippen molar-refractivity contribution in [1.29, 1.82) is 0 Å². The number of hydrogen-bond donors (Lipinski definition) is 1. The monoisotopic (exact) mass is 254 g/mol. The summed E-state index contributed by atoms with van der Waals surface area (Å²) >= 11 is 0. The molecule has 0 amide bonds. The van der Waals surface area contributed by atoms with E-state index in [0.29, 0.717) is 12.0 Å². The average molecular weight is 254 g/mol. The van der Waals surface area contributed by atoms with Gasteiger partial charge in [-0.1, -0.05) is 44.9 Å². The quantitative estimate of drug-likeness (QED) is 0.857. The molecule has 1 aromatic carbocycles.